The summed E-state index contributed by atoms with van der Waals surface area (Å²) in [7, 11) is 1.58. The average molecular weight is 344 g/mol. The van der Waals surface area contributed by atoms with Crippen LogP contribution < -0.4 is 15.4 Å². The van der Waals surface area contributed by atoms with Gasteiger partial charge in [-0.3, -0.25) is 9.59 Å². The predicted molar refractivity (Wildman–Crippen MR) is 96.5 cm³/mol. The number of carbonyl (C=O) groups excluding carboxylic acids is 2. The van der Waals surface area contributed by atoms with E-state index in [1.807, 2.05) is 0 Å². The Labute approximate surface area is 149 Å². The van der Waals surface area contributed by atoms with E-state index in [1.165, 1.54) is 6.42 Å². The van der Waals surface area contributed by atoms with Gasteiger partial charge in [0.15, 0.2) is 0 Å². The molecule has 25 heavy (non-hydrogen) atoms. The summed E-state index contributed by atoms with van der Waals surface area (Å²) in [6, 6.07) is 7.03. The van der Waals surface area contributed by atoms with Crippen LogP contribution in [0.15, 0.2) is 24.3 Å². The van der Waals surface area contributed by atoms with Crippen LogP contribution in [-0.2, 0) is 4.79 Å². The number of hydrogen-bond donors (Lipinski definition) is 2. The van der Waals surface area contributed by atoms with E-state index in [-0.39, 0.29) is 35.2 Å². The largest absolute Gasteiger partial charge is 0.497 e. The van der Waals surface area contributed by atoms with Gasteiger partial charge in [0.1, 0.15) is 5.75 Å². The molecule has 3 atom stereocenters. The summed E-state index contributed by atoms with van der Waals surface area (Å²) in [5.74, 6) is 1.01. The van der Waals surface area contributed by atoms with E-state index in [4.69, 9.17) is 4.74 Å². The molecular formula is C20H28N2O3. The summed E-state index contributed by atoms with van der Waals surface area (Å²) in [6.45, 7) is 6.94. The fourth-order valence-corrected chi connectivity index (χ4v) is 4.67. The minimum atomic E-state index is -0.253. The molecule has 0 saturated heterocycles. The van der Waals surface area contributed by atoms with E-state index in [2.05, 4.69) is 31.4 Å². The fourth-order valence-electron chi connectivity index (χ4n) is 4.67. The van der Waals surface area contributed by atoms with Gasteiger partial charge in [-0.05, 0) is 60.3 Å². The Kier molecular flexibility index (Phi) is 4.52. The molecular weight excluding hydrogens is 316 g/mol. The Morgan fingerprint density at radius 2 is 1.88 bits per heavy atom. The van der Waals surface area contributed by atoms with Gasteiger partial charge >= 0.3 is 0 Å². The minimum Gasteiger partial charge on any atom is -0.497 e. The highest BCUT2D eigenvalue weighted by molar-refractivity contribution is 5.96. The van der Waals surface area contributed by atoms with Crippen molar-refractivity contribution in [3.8, 4) is 5.75 Å². The molecule has 2 aliphatic carbocycles. The smallest absolute Gasteiger partial charge is 0.251 e. The van der Waals surface area contributed by atoms with Crippen molar-refractivity contribution in [1.82, 2.24) is 10.6 Å². The molecule has 0 radical (unpaired) electrons. The number of ether oxygens (including phenoxy) is 1. The third-order valence-corrected chi connectivity index (χ3v) is 6.89. The van der Waals surface area contributed by atoms with Crippen LogP contribution in [0, 0.1) is 16.7 Å². The zero-order valence-corrected chi connectivity index (χ0v) is 15.5. The molecule has 2 saturated carbocycles. The number of carbonyl (C=O) groups is 2. The van der Waals surface area contributed by atoms with Gasteiger partial charge < -0.3 is 15.4 Å². The number of benzene rings is 1. The molecule has 3 unspecified atom stereocenters. The van der Waals surface area contributed by atoms with Crippen LogP contribution in [0.2, 0.25) is 0 Å². The van der Waals surface area contributed by atoms with Crippen molar-refractivity contribution < 1.29 is 14.3 Å². The lowest BCUT2D eigenvalue weighted by Crippen LogP contribution is -2.49. The maximum absolute atomic E-state index is 12.3. The molecule has 2 amide bonds. The Bertz CT molecular complexity index is 668. The number of amides is 2. The summed E-state index contributed by atoms with van der Waals surface area (Å²) in [5, 5.41) is 5.85. The first-order valence-electron chi connectivity index (χ1n) is 8.99. The molecule has 2 aliphatic rings. The summed E-state index contributed by atoms with van der Waals surface area (Å²) in [4.78, 5) is 24.5. The van der Waals surface area contributed by atoms with Crippen LogP contribution in [0.3, 0.4) is 0 Å². The maximum atomic E-state index is 12.3. The van der Waals surface area contributed by atoms with Crippen LogP contribution >= 0.6 is 0 Å². The normalized spacial score (nSPS) is 29.3. The van der Waals surface area contributed by atoms with Gasteiger partial charge in [0, 0.05) is 11.6 Å². The van der Waals surface area contributed by atoms with Crippen molar-refractivity contribution in [3.63, 3.8) is 0 Å². The second-order valence-corrected chi connectivity index (χ2v) is 8.14. The topological polar surface area (TPSA) is 67.4 Å². The predicted octanol–water partition coefficient (Wildman–Crippen LogP) is 2.76. The lowest BCUT2D eigenvalue weighted by molar-refractivity contribution is -0.121. The number of rotatable bonds is 5. The van der Waals surface area contributed by atoms with Crippen LogP contribution in [-0.4, -0.2) is 31.5 Å². The molecule has 136 valence electrons. The van der Waals surface area contributed by atoms with Crippen molar-refractivity contribution in [1.29, 1.82) is 0 Å². The molecule has 5 nitrogen and oxygen atoms in total. The highest BCUT2D eigenvalue weighted by Crippen LogP contribution is 2.65. The van der Waals surface area contributed by atoms with Crippen molar-refractivity contribution >= 4 is 11.8 Å². The van der Waals surface area contributed by atoms with E-state index in [0.29, 0.717) is 17.2 Å². The molecule has 1 aromatic carbocycles. The molecule has 0 spiro atoms. The van der Waals surface area contributed by atoms with E-state index < -0.39 is 0 Å². The SMILES string of the molecule is COc1ccc(C(=O)NCC(=O)NC2CC3CCC2(C)C3(C)C)cc1. The Balaban J connectivity index is 1.52. The summed E-state index contributed by atoms with van der Waals surface area (Å²) >= 11 is 0. The first-order chi connectivity index (χ1) is 11.8. The molecule has 1 aromatic rings. The second kappa shape index (κ2) is 6.36. The van der Waals surface area contributed by atoms with Gasteiger partial charge in [-0.25, -0.2) is 0 Å². The Morgan fingerprint density at radius 1 is 1.20 bits per heavy atom. The lowest BCUT2D eigenvalue weighted by atomic mass is 9.69. The maximum Gasteiger partial charge on any atom is 0.251 e. The van der Waals surface area contributed by atoms with Gasteiger partial charge in [0.05, 0.1) is 13.7 Å². The van der Waals surface area contributed by atoms with E-state index >= 15 is 0 Å². The Hall–Kier alpha value is -2.04. The summed E-state index contributed by atoms with van der Waals surface area (Å²) in [5.41, 5.74) is 0.923. The number of hydrogen-bond acceptors (Lipinski definition) is 3. The van der Waals surface area contributed by atoms with Gasteiger partial charge in [-0.1, -0.05) is 20.8 Å². The van der Waals surface area contributed by atoms with Gasteiger partial charge in [0.2, 0.25) is 5.91 Å². The van der Waals surface area contributed by atoms with Gasteiger partial charge in [-0.2, -0.15) is 0 Å². The standard InChI is InChI=1S/C20H28N2O3/c1-19(2)14-9-10-20(19,3)16(11-14)22-17(23)12-21-18(24)13-5-7-15(25-4)8-6-13/h5-8,14,16H,9-12H2,1-4H3,(H,21,24)(H,22,23). The molecule has 2 fully saturated rings. The minimum absolute atomic E-state index is 0.00252. The number of methoxy groups -OCH3 is 1. The van der Waals surface area contributed by atoms with Crippen molar-refractivity contribution in [3.05, 3.63) is 29.8 Å². The van der Waals surface area contributed by atoms with Crippen molar-refractivity contribution in [2.75, 3.05) is 13.7 Å². The highest BCUT2D eigenvalue weighted by atomic mass is 16.5. The molecule has 0 heterocycles. The second-order valence-electron chi connectivity index (χ2n) is 8.14. The quantitative estimate of drug-likeness (QED) is 0.863. The van der Waals surface area contributed by atoms with Gasteiger partial charge in [0.25, 0.3) is 5.91 Å². The molecule has 0 aromatic heterocycles. The fraction of sp³-hybridized carbons (Fsp3) is 0.600. The first kappa shape index (κ1) is 17.8. The molecule has 2 N–H and O–H groups in total. The van der Waals surface area contributed by atoms with E-state index in [9.17, 15) is 9.59 Å². The third kappa shape index (κ3) is 3.00. The first-order valence-corrected chi connectivity index (χ1v) is 8.99. The summed E-state index contributed by atoms with van der Waals surface area (Å²) < 4.78 is 5.08. The van der Waals surface area contributed by atoms with Crippen LogP contribution in [0.4, 0.5) is 0 Å². The number of fused-ring (bicyclic) bond motifs is 2. The van der Waals surface area contributed by atoms with E-state index in [1.54, 1.807) is 31.4 Å². The zero-order valence-electron chi connectivity index (χ0n) is 15.5. The molecule has 5 heteroatoms. The zero-order chi connectivity index (χ0) is 18.2. The summed E-state index contributed by atoms with van der Waals surface area (Å²) in [6.07, 6.45) is 3.46. The third-order valence-electron chi connectivity index (χ3n) is 6.89. The van der Waals surface area contributed by atoms with E-state index in [0.717, 1.165) is 12.8 Å². The lowest BCUT2D eigenvalue weighted by Gasteiger charge is -2.39. The monoisotopic (exact) mass is 344 g/mol. The number of nitrogens with one attached hydrogen (secondary N) is 2. The van der Waals surface area contributed by atoms with Gasteiger partial charge in [-0.15, -0.1) is 0 Å². The van der Waals surface area contributed by atoms with Crippen molar-refractivity contribution in [2.45, 2.75) is 46.1 Å². The average Bonchev–Trinajstić information content (AvgIpc) is 2.93. The Morgan fingerprint density at radius 3 is 2.40 bits per heavy atom. The molecule has 3 rings (SSSR count). The highest BCUT2D eigenvalue weighted by Gasteiger charge is 2.61. The molecule has 2 bridgehead atoms. The van der Waals surface area contributed by atoms with Crippen LogP contribution in [0.25, 0.3) is 0 Å². The molecule has 0 aliphatic heterocycles. The van der Waals surface area contributed by atoms with Crippen molar-refractivity contribution in [2.24, 2.45) is 16.7 Å². The van der Waals surface area contributed by atoms with Crippen LogP contribution in [0.5, 0.6) is 5.75 Å². The van der Waals surface area contributed by atoms with Crippen LogP contribution in [0.1, 0.15) is 50.4 Å².